The summed E-state index contributed by atoms with van der Waals surface area (Å²) in [6.07, 6.45) is 1.83. The maximum absolute atomic E-state index is 12.0. The van der Waals surface area contributed by atoms with E-state index >= 15 is 0 Å². The van der Waals surface area contributed by atoms with Crippen LogP contribution in [-0.4, -0.2) is 22.1 Å². The van der Waals surface area contributed by atoms with Crippen LogP contribution >= 0.6 is 0 Å². The third kappa shape index (κ3) is 3.27. The number of aliphatic hydroxyl groups is 1. The number of aryl methyl sites for hydroxylation is 2. The second-order valence-corrected chi connectivity index (χ2v) is 4.92. The van der Waals surface area contributed by atoms with E-state index in [9.17, 15) is 9.90 Å². The molecule has 0 aliphatic rings. The molecule has 106 valence electrons. The zero-order valence-electron chi connectivity index (χ0n) is 11.8. The van der Waals surface area contributed by atoms with Gasteiger partial charge in [-0.05, 0) is 37.1 Å². The fourth-order valence-electron chi connectivity index (χ4n) is 2.21. The van der Waals surface area contributed by atoms with Crippen LogP contribution in [0.15, 0.2) is 42.6 Å². The first-order valence-electron chi connectivity index (χ1n) is 6.72. The van der Waals surface area contributed by atoms with Gasteiger partial charge in [0.2, 0.25) is 0 Å². The highest BCUT2D eigenvalue weighted by atomic mass is 16.3. The highest BCUT2D eigenvalue weighted by Crippen LogP contribution is 2.15. The number of rotatable bonds is 5. The van der Waals surface area contributed by atoms with Gasteiger partial charge in [0.25, 0.3) is 5.91 Å². The maximum Gasteiger partial charge on any atom is 0.251 e. The van der Waals surface area contributed by atoms with Crippen LogP contribution in [0, 0.1) is 6.92 Å². The highest BCUT2D eigenvalue weighted by Gasteiger charge is 2.12. The number of carbonyl (C=O) groups is 1. The largest absolute Gasteiger partial charge is 0.387 e. The molecule has 0 bridgehead atoms. The normalized spacial score (nSPS) is 12.2. The van der Waals surface area contributed by atoms with Gasteiger partial charge >= 0.3 is 0 Å². The molecule has 0 radical (unpaired) electrons. The first kappa shape index (κ1) is 14.3. The predicted molar refractivity (Wildman–Crippen MR) is 78.5 cm³/mol. The van der Waals surface area contributed by atoms with Gasteiger partial charge in [0.15, 0.2) is 0 Å². The molecule has 4 nitrogen and oxygen atoms in total. The Balaban J connectivity index is 1.86. The molecule has 0 saturated carbocycles. The molecule has 1 amide bonds. The van der Waals surface area contributed by atoms with E-state index in [1.165, 1.54) is 0 Å². The van der Waals surface area contributed by atoms with Gasteiger partial charge in [-0.15, -0.1) is 0 Å². The molecule has 0 aliphatic carbocycles. The smallest absolute Gasteiger partial charge is 0.251 e. The van der Waals surface area contributed by atoms with E-state index in [-0.39, 0.29) is 5.91 Å². The summed E-state index contributed by atoms with van der Waals surface area (Å²) in [6.45, 7) is 2.35. The summed E-state index contributed by atoms with van der Waals surface area (Å²) in [4.78, 5) is 12.0. The molecule has 0 spiro atoms. The Morgan fingerprint density at radius 2 is 2.05 bits per heavy atom. The zero-order chi connectivity index (χ0) is 14.5. The number of amides is 1. The predicted octanol–water partition coefficient (Wildman–Crippen LogP) is 2.19. The Hall–Kier alpha value is -2.07. The van der Waals surface area contributed by atoms with Gasteiger partial charge in [0.05, 0.1) is 6.10 Å². The lowest BCUT2D eigenvalue weighted by molar-refractivity contribution is 0.0940. The Bertz CT molecular complexity index is 590. The van der Waals surface area contributed by atoms with Crippen molar-refractivity contribution in [3.63, 3.8) is 0 Å². The minimum atomic E-state index is -0.563. The van der Waals surface area contributed by atoms with E-state index in [2.05, 4.69) is 5.32 Å². The average Bonchev–Trinajstić information content (AvgIpc) is 2.85. The van der Waals surface area contributed by atoms with E-state index in [0.717, 1.165) is 11.3 Å². The van der Waals surface area contributed by atoms with Crippen LogP contribution in [0.25, 0.3) is 0 Å². The summed E-state index contributed by atoms with van der Waals surface area (Å²) in [5.41, 5.74) is 2.49. The molecule has 1 heterocycles. The average molecular weight is 272 g/mol. The van der Waals surface area contributed by atoms with E-state index in [1.54, 1.807) is 6.07 Å². The summed E-state index contributed by atoms with van der Waals surface area (Å²) in [5, 5.41) is 12.9. The SMILES string of the molecule is Cc1ccccc1C(=O)NCCC(O)c1cccn1C. The molecule has 1 unspecified atom stereocenters. The summed E-state index contributed by atoms with van der Waals surface area (Å²) < 4.78 is 1.88. The summed E-state index contributed by atoms with van der Waals surface area (Å²) in [6, 6.07) is 11.2. The van der Waals surface area contributed by atoms with Crippen molar-refractivity contribution in [2.24, 2.45) is 7.05 Å². The number of carbonyl (C=O) groups excluding carboxylic acids is 1. The Morgan fingerprint density at radius 3 is 2.70 bits per heavy atom. The Morgan fingerprint density at radius 1 is 1.30 bits per heavy atom. The molecular weight excluding hydrogens is 252 g/mol. The first-order chi connectivity index (χ1) is 9.59. The Kier molecular flexibility index (Phi) is 4.58. The fraction of sp³-hybridized carbons (Fsp3) is 0.312. The van der Waals surface area contributed by atoms with Gasteiger partial charge in [-0.3, -0.25) is 4.79 Å². The lowest BCUT2D eigenvalue weighted by atomic mass is 10.1. The van der Waals surface area contributed by atoms with Gasteiger partial charge in [-0.1, -0.05) is 18.2 Å². The molecule has 4 heteroatoms. The molecule has 2 aromatic rings. The zero-order valence-corrected chi connectivity index (χ0v) is 11.8. The summed E-state index contributed by atoms with van der Waals surface area (Å²) >= 11 is 0. The molecule has 20 heavy (non-hydrogen) atoms. The van der Waals surface area contributed by atoms with E-state index in [4.69, 9.17) is 0 Å². The quantitative estimate of drug-likeness (QED) is 0.876. The van der Waals surface area contributed by atoms with Crippen molar-refractivity contribution in [3.05, 3.63) is 59.4 Å². The van der Waals surface area contributed by atoms with E-state index in [1.807, 2.05) is 55.1 Å². The van der Waals surface area contributed by atoms with Crippen LogP contribution in [0.1, 0.15) is 34.1 Å². The van der Waals surface area contributed by atoms with Crippen LogP contribution in [0.5, 0.6) is 0 Å². The van der Waals surface area contributed by atoms with Gasteiger partial charge in [0, 0.05) is 31.0 Å². The minimum Gasteiger partial charge on any atom is -0.387 e. The third-order valence-corrected chi connectivity index (χ3v) is 3.42. The van der Waals surface area contributed by atoms with Crippen LogP contribution in [0.3, 0.4) is 0 Å². The lowest BCUT2D eigenvalue weighted by Gasteiger charge is -2.13. The number of nitrogens with one attached hydrogen (secondary N) is 1. The summed E-state index contributed by atoms with van der Waals surface area (Å²) in [5.74, 6) is -0.0952. The molecule has 1 atom stereocenters. The number of nitrogens with zero attached hydrogens (tertiary/aromatic N) is 1. The number of aliphatic hydroxyl groups excluding tert-OH is 1. The molecule has 1 aromatic heterocycles. The third-order valence-electron chi connectivity index (χ3n) is 3.42. The van der Waals surface area contributed by atoms with Crippen LogP contribution in [-0.2, 0) is 7.05 Å². The molecule has 0 saturated heterocycles. The van der Waals surface area contributed by atoms with Crippen molar-refractivity contribution in [2.75, 3.05) is 6.54 Å². The molecule has 0 aliphatic heterocycles. The molecule has 0 fully saturated rings. The number of hydrogen-bond acceptors (Lipinski definition) is 2. The van der Waals surface area contributed by atoms with Crippen molar-refractivity contribution in [2.45, 2.75) is 19.4 Å². The maximum atomic E-state index is 12.0. The number of hydrogen-bond donors (Lipinski definition) is 2. The molecule has 1 aromatic carbocycles. The van der Waals surface area contributed by atoms with Gasteiger partial charge < -0.3 is 15.0 Å². The molecule has 2 N–H and O–H groups in total. The lowest BCUT2D eigenvalue weighted by Crippen LogP contribution is -2.26. The standard InChI is InChI=1S/C16H20N2O2/c1-12-6-3-4-7-13(12)16(20)17-10-9-15(19)14-8-5-11-18(14)2/h3-8,11,15,19H,9-10H2,1-2H3,(H,17,20). The topological polar surface area (TPSA) is 54.3 Å². The second-order valence-electron chi connectivity index (χ2n) is 4.92. The van der Waals surface area contributed by atoms with Gasteiger partial charge in [-0.25, -0.2) is 0 Å². The molecule has 2 rings (SSSR count). The summed E-state index contributed by atoms with van der Waals surface area (Å²) in [7, 11) is 1.89. The monoisotopic (exact) mass is 272 g/mol. The van der Waals surface area contributed by atoms with Crippen LogP contribution < -0.4 is 5.32 Å². The van der Waals surface area contributed by atoms with Crippen LogP contribution in [0.2, 0.25) is 0 Å². The second kappa shape index (κ2) is 6.39. The van der Waals surface area contributed by atoms with Gasteiger partial charge in [0.1, 0.15) is 0 Å². The Labute approximate surface area is 119 Å². The van der Waals surface area contributed by atoms with E-state index in [0.29, 0.717) is 18.5 Å². The van der Waals surface area contributed by atoms with Crippen molar-refractivity contribution in [1.29, 1.82) is 0 Å². The van der Waals surface area contributed by atoms with Crippen molar-refractivity contribution >= 4 is 5.91 Å². The van der Waals surface area contributed by atoms with Crippen LogP contribution in [0.4, 0.5) is 0 Å². The first-order valence-corrected chi connectivity index (χ1v) is 6.72. The highest BCUT2D eigenvalue weighted by molar-refractivity contribution is 5.95. The number of benzene rings is 1. The van der Waals surface area contributed by atoms with Crippen molar-refractivity contribution in [3.8, 4) is 0 Å². The van der Waals surface area contributed by atoms with Crippen molar-refractivity contribution < 1.29 is 9.90 Å². The molecular formula is C16H20N2O2. The number of aromatic nitrogens is 1. The van der Waals surface area contributed by atoms with Gasteiger partial charge in [-0.2, -0.15) is 0 Å². The van der Waals surface area contributed by atoms with Crippen molar-refractivity contribution in [1.82, 2.24) is 9.88 Å². The fourth-order valence-corrected chi connectivity index (χ4v) is 2.21. The van der Waals surface area contributed by atoms with E-state index < -0.39 is 6.10 Å². The minimum absolute atomic E-state index is 0.0952.